The van der Waals surface area contributed by atoms with Crippen LogP contribution in [0.3, 0.4) is 0 Å². The number of halogens is 2. The Labute approximate surface area is 200 Å². The number of nitrogens with one attached hydrogen (secondary N) is 1. The molecule has 1 atom stereocenters. The largest absolute Gasteiger partial charge is 0.295 e. The number of hydrogen-bond acceptors (Lipinski definition) is 2. The first-order chi connectivity index (χ1) is 15.4. The van der Waals surface area contributed by atoms with Gasteiger partial charge in [0.15, 0.2) is 0 Å². The number of carbonyl (C=O) groups excluding carboxylic acids is 1. The van der Waals surface area contributed by atoms with Crippen LogP contribution in [0.5, 0.6) is 0 Å². The molecule has 6 heteroatoms. The third-order valence-electron chi connectivity index (χ3n) is 5.91. The number of hydrogen-bond donors (Lipinski definition) is 1. The summed E-state index contributed by atoms with van der Waals surface area (Å²) in [6.07, 6.45) is 0. The third kappa shape index (κ3) is 3.55. The molecule has 3 aromatic carbocycles. The normalized spacial score (nSPS) is 15.5. The second-order valence-electron chi connectivity index (χ2n) is 8.24. The zero-order valence-corrected chi connectivity index (χ0v) is 20.0. The monoisotopic (exact) mass is 505 g/mol. The second kappa shape index (κ2) is 8.23. The van der Waals surface area contributed by atoms with Crippen LogP contribution < -0.4 is 4.90 Å². The summed E-state index contributed by atoms with van der Waals surface area (Å²) in [5.74, 6) is 0.334. The number of amides is 1. The zero-order valence-electron chi connectivity index (χ0n) is 17.6. The number of carbonyl (C=O) groups is 1. The molecule has 1 aliphatic heterocycles. The van der Waals surface area contributed by atoms with Crippen LogP contribution in [0.25, 0.3) is 11.3 Å². The number of aromatic nitrogens is 2. The third-order valence-corrected chi connectivity index (χ3v) is 6.69. The lowest BCUT2D eigenvalue weighted by Crippen LogP contribution is -2.29. The van der Waals surface area contributed by atoms with Crippen LogP contribution in [-0.4, -0.2) is 16.1 Å². The van der Waals surface area contributed by atoms with Crippen molar-refractivity contribution in [3.8, 4) is 11.3 Å². The second-order valence-corrected chi connectivity index (χ2v) is 9.60. The molecular formula is C26H21BrClN3O. The Morgan fingerprint density at radius 2 is 1.62 bits per heavy atom. The summed E-state index contributed by atoms with van der Waals surface area (Å²) >= 11 is 9.61. The van der Waals surface area contributed by atoms with E-state index in [0.29, 0.717) is 16.6 Å². The summed E-state index contributed by atoms with van der Waals surface area (Å²) in [6, 6.07) is 23.6. The van der Waals surface area contributed by atoms with Crippen molar-refractivity contribution in [3.05, 3.63) is 105 Å². The number of benzene rings is 3. The Bertz CT molecular complexity index is 1280. The molecule has 4 aromatic rings. The molecule has 0 radical (unpaired) electrons. The van der Waals surface area contributed by atoms with Crippen LogP contribution >= 0.6 is 27.5 Å². The molecular weight excluding hydrogens is 486 g/mol. The van der Waals surface area contributed by atoms with E-state index in [1.807, 2.05) is 53.4 Å². The lowest BCUT2D eigenvalue weighted by Gasteiger charge is -2.27. The Morgan fingerprint density at radius 1 is 0.969 bits per heavy atom. The van der Waals surface area contributed by atoms with E-state index in [0.717, 1.165) is 32.5 Å². The minimum absolute atomic E-state index is 0.101. The van der Waals surface area contributed by atoms with E-state index in [1.54, 1.807) is 0 Å². The Hall–Kier alpha value is -2.89. The molecule has 0 spiro atoms. The first-order valence-corrected chi connectivity index (χ1v) is 11.6. The van der Waals surface area contributed by atoms with Gasteiger partial charge in [-0.05, 0) is 53.4 Å². The SMILES string of the molecule is CC(C)c1ccc(C2c3c(-c4ccc(Br)cc4)n[nH]c3C(=O)N2c2ccc(Cl)cc2)cc1. The van der Waals surface area contributed by atoms with Crippen molar-refractivity contribution in [2.45, 2.75) is 25.8 Å². The minimum atomic E-state index is -0.294. The molecule has 160 valence electrons. The fourth-order valence-electron chi connectivity index (χ4n) is 4.22. The molecule has 1 amide bonds. The molecule has 0 bridgehead atoms. The predicted octanol–water partition coefficient (Wildman–Crippen LogP) is 7.37. The molecule has 1 aliphatic rings. The van der Waals surface area contributed by atoms with Crippen molar-refractivity contribution < 1.29 is 4.79 Å². The van der Waals surface area contributed by atoms with Crippen LogP contribution in [-0.2, 0) is 0 Å². The van der Waals surface area contributed by atoms with Gasteiger partial charge < -0.3 is 0 Å². The van der Waals surface area contributed by atoms with Crippen molar-refractivity contribution in [1.82, 2.24) is 10.2 Å². The van der Waals surface area contributed by atoms with Crippen molar-refractivity contribution >= 4 is 39.1 Å². The van der Waals surface area contributed by atoms with Gasteiger partial charge in [-0.1, -0.05) is 77.8 Å². The summed E-state index contributed by atoms with van der Waals surface area (Å²) in [5, 5.41) is 8.19. The highest BCUT2D eigenvalue weighted by Crippen LogP contribution is 2.45. The highest BCUT2D eigenvalue weighted by molar-refractivity contribution is 9.10. The van der Waals surface area contributed by atoms with E-state index in [9.17, 15) is 4.79 Å². The van der Waals surface area contributed by atoms with E-state index < -0.39 is 0 Å². The number of H-pyrrole nitrogens is 1. The molecule has 0 saturated heterocycles. The summed E-state index contributed by atoms with van der Waals surface area (Å²) in [4.78, 5) is 15.4. The molecule has 0 aliphatic carbocycles. The van der Waals surface area contributed by atoms with E-state index in [-0.39, 0.29) is 11.9 Å². The minimum Gasteiger partial charge on any atom is -0.295 e. The first-order valence-electron chi connectivity index (χ1n) is 10.5. The summed E-state index contributed by atoms with van der Waals surface area (Å²) in [6.45, 7) is 4.35. The standard InChI is InChI=1S/C26H21BrClN3O/c1-15(2)16-3-5-18(6-4-16)25-22-23(17-7-9-19(27)10-8-17)29-30-24(22)26(32)31(25)21-13-11-20(28)12-14-21/h3-15,25H,1-2H3,(H,29,30). The van der Waals surface area contributed by atoms with E-state index in [2.05, 4.69) is 64.2 Å². The maximum atomic E-state index is 13.6. The van der Waals surface area contributed by atoms with Crippen molar-refractivity contribution in [2.75, 3.05) is 4.90 Å². The van der Waals surface area contributed by atoms with Crippen molar-refractivity contribution in [3.63, 3.8) is 0 Å². The maximum absolute atomic E-state index is 13.6. The van der Waals surface area contributed by atoms with E-state index in [1.165, 1.54) is 5.56 Å². The first kappa shape index (κ1) is 21.0. The highest BCUT2D eigenvalue weighted by atomic mass is 79.9. The highest BCUT2D eigenvalue weighted by Gasteiger charge is 2.43. The molecule has 4 nitrogen and oxygen atoms in total. The summed E-state index contributed by atoms with van der Waals surface area (Å²) < 4.78 is 0.994. The van der Waals surface area contributed by atoms with Gasteiger partial charge in [0.1, 0.15) is 5.69 Å². The van der Waals surface area contributed by atoms with Gasteiger partial charge in [0.05, 0.1) is 11.7 Å². The summed E-state index contributed by atoms with van der Waals surface area (Å²) in [5.41, 5.74) is 6.26. The van der Waals surface area contributed by atoms with Gasteiger partial charge in [-0.3, -0.25) is 14.8 Å². The van der Waals surface area contributed by atoms with Crippen LogP contribution in [0.4, 0.5) is 5.69 Å². The predicted molar refractivity (Wildman–Crippen MR) is 132 cm³/mol. The van der Waals surface area contributed by atoms with Gasteiger partial charge in [-0.25, -0.2) is 0 Å². The number of aromatic amines is 1. The van der Waals surface area contributed by atoms with Crippen LogP contribution in [0, 0.1) is 0 Å². The van der Waals surface area contributed by atoms with Crippen LogP contribution in [0.2, 0.25) is 5.02 Å². The molecule has 5 rings (SSSR count). The molecule has 1 unspecified atom stereocenters. The Kier molecular flexibility index (Phi) is 5.39. The fraction of sp³-hybridized carbons (Fsp3) is 0.154. The average molecular weight is 507 g/mol. The van der Waals surface area contributed by atoms with Gasteiger partial charge >= 0.3 is 0 Å². The number of anilines is 1. The Morgan fingerprint density at radius 3 is 2.25 bits per heavy atom. The number of nitrogens with zero attached hydrogens (tertiary/aromatic N) is 2. The molecule has 0 saturated carbocycles. The number of fused-ring (bicyclic) bond motifs is 1. The van der Waals surface area contributed by atoms with Gasteiger partial charge in [0.25, 0.3) is 5.91 Å². The Balaban J connectivity index is 1.69. The summed E-state index contributed by atoms with van der Waals surface area (Å²) in [7, 11) is 0. The van der Waals surface area contributed by atoms with Crippen molar-refractivity contribution in [2.24, 2.45) is 0 Å². The molecule has 1 N–H and O–H groups in total. The quantitative estimate of drug-likeness (QED) is 0.314. The van der Waals surface area contributed by atoms with Crippen LogP contribution in [0.1, 0.15) is 53.0 Å². The van der Waals surface area contributed by atoms with E-state index >= 15 is 0 Å². The van der Waals surface area contributed by atoms with Crippen LogP contribution in [0.15, 0.2) is 77.3 Å². The topological polar surface area (TPSA) is 49.0 Å². The van der Waals surface area contributed by atoms with Gasteiger partial charge in [0, 0.05) is 26.3 Å². The fourth-order valence-corrected chi connectivity index (χ4v) is 4.61. The molecule has 1 aromatic heterocycles. The van der Waals surface area contributed by atoms with Gasteiger partial charge in [0.2, 0.25) is 0 Å². The maximum Gasteiger partial charge on any atom is 0.277 e. The zero-order chi connectivity index (χ0) is 22.4. The van der Waals surface area contributed by atoms with Gasteiger partial charge in [-0.2, -0.15) is 5.10 Å². The molecule has 0 fully saturated rings. The lowest BCUT2D eigenvalue weighted by atomic mass is 9.93. The van der Waals surface area contributed by atoms with Gasteiger partial charge in [-0.15, -0.1) is 0 Å². The van der Waals surface area contributed by atoms with E-state index in [4.69, 9.17) is 11.6 Å². The number of rotatable bonds is 4. The van der Waals surface area contributed by atoms with Crippen molar-refractivity contribution in [1.29, 1.82) is 0 Å². The molecule has 32 heavy (non-hydrogen) atoms. The lowest BCUT2D eigenvalue weighted by molar-refractivity contribution is 0.0989. The molecule has 2 heterocycles. The average Bonchev–Trinajstić information content (AvgIpc) is 3.34. The smallest absolute Gasteiger partial charge is 0.277 e.